The highest BCUT2D eigenvalue weighted by molar-refractivity contribution is 7.89. The Morgan fingerprint density at radius 2 is 2.15 bits per heavy atom. The second kappa shape index (κ2) is 5.70. The summed E-state index contributed by atoms with van der Waals surface area (Å²) in [5.41, 5.74) is 6.58. The van der Waals surface area contributed by atoms with E-state index in [2.05, 4.69) is 9.82 Å². The molecule has 0 atom stereocenters. The maximum atomic E-state index is 13.8. The minimum atomic E-state index is -3.92. The molecule has 0 unspecified atom stereocenters. The fraction of sp³-hybridized carbons (Fsp3) is 0.250. The van der Waals surface area contributed by atoms with E-state index in [1.165, 1.54) is 16.8 Å². The van der Waals surface area contributed by atoms with Crippen LogP contribution in [-0.4, -0.2) is 18.2 Å². The van der Waals surface area contributed by atoms with Crippen molar-refractivity contribution in [3.63, 3.8) is 0 Å². The van der Waals surface area contributed by atoms with Gasteiger partial charge in [-0.15, -0.1) is 0 Å². The summed E-state index contributed by atoms with van der Waals surface area (Å²) in [4.78, 5) is -0.392. The number of aromatic nitrogens is 2. The van der Waals surface area contributed by atoms with Gasteiger partial charge in [0.25, 0.3) is 0 Å². The summed E-state index contributed by atoms with van der Waals surface area (Å²) in [6, 6.07) is 5.50. The second-order valence-corrected chi connectivity index (χ2v) is 5.97. The van der Waals surface area contributed by atoms with E-state index >= 15 is 0 Å². The second-order valence-electron chi connectivity index (χ2n) is 4.24. The van der Waals surface area contributed by atoms with Crippen LogP contribution in [0.2, 0.25) is 0 Å². The number of aryl methyl sites for hydroxylation is 1. The molecule has 0 aliphatic rings. The Hall–Kier alpha value is -1.77. The highest BCUT2D eigenvalue weighted by Gasteiger charge is 2.19. The zero-order valence-electron chi connectivity index (χ0n) is 10.9. The molecule has 1 aromatic carbocycles. The van der Waals surface area contributed by atoms with Crippen LogP contribution in [0.15, 0.2) is 35.4 Å². The molecule has 20 heavy (non-hydrogen) atoms. The van der Waals surface area contributed by atoms with Crippen molar-refractivity contribution < 1.29 is 12.8 Å². The molecule has 0 aliphatic heterocycles. The number of halogens is 1. The van der Waals surface area contributed by atoms with Crippen molar-refractivity contribution in [2.75, 3.05) is 0 Å². The van der Waals surface area contributed by atoms with E-state index in [1.54, 1.807) is 19.3 Å². The first-order valence-corrected chi connectivity index (χ1v) is 7.37. The lowest BCUT2D eigenvalue weighted by atomic mass is 10.2. The fourth-order valence-corrected chi connectivity index (χ4v) is 2.77. The Kier molecular flexibility index (Phi) is 4.17. The molecule has 0 saturated heterocycles. The number of benzene rings is 1. The molecular weight excluding hydrogens is 283 g/mol. The van der Waals surface area contributed by atoms with Gasteiger partial charge in [0.1, 0.15) is 10.7 Å². The van der Waals surface area contributed by atoms with Gasteiger partial charge in [-0.3, -0.25) is 4.68 Å². The normalized spacial score (nSPS) is 11.8. The van der Waals surface area contributed by atoms with Crippen LogP contribution in [0.1, 0.15) is 11.3 Å². The van der Waals surface area contributed by atoms with Gasteiger partial charge in [0, 0.05) is 19.8 Å². The third kappa shape index (κ3) is 3.03. The van der Waals surface area contributed by atoms with Crippen molar-refractivity contribution in [1.82, 2.24) is 14.5 Å². The van der Waals surface area contributed by atoms with Crippen LogP contribution >= 0.6 is 0 Å². The molecule has 0 amide bonds. The molecular formula is C12H15FN4O2S. The molecule has 8 heteroatoms. The number of rotatable bonds is 5. The first-order chi connectivity index (χ1) is 9.44. The van der Waals surface area contributed by atoms with Crippen LogP contribution < -0.4 is 10.5 Å². The van der Waals surface area contributed by atoms with E-state index in [0.29, 0.717) is 11.3 Å². The van der Waals surface area contributed by atoms with E-state index in [1.807, 2.05) is 0 Å². The van der Waals surface area contributed by atoms with Crippen LogP contribution in [0.4, 0.5) is 4.39 Å². The lowest BCUT2D eigenvalue weighted by Crippen LogP contribution is -2.25. The largest absolute Gasteiger partial charge is 0.326 e. The highest BCUT2D eigenvalue weighted by Crippen LogP contribution is 2.16. The van der Waals surface area contributed by atoms with Crippen LogP contribution in [-0.2, 0) is 30.2 Å². The monoisotopic (exact) mass is 298 g/mol. The Morgan fingerprint density at radius 1 is 1.40 bits per heavy atom. The number of nitrogens with one attached hydrogen (secondary N) is 1. The number of nitrogens with zero attached hydrogens (tertiary/aromatic N) is 2. The standard InChI is InChI=1S/C12H15FN4O2S/c1-17-10(4-5-15-17)8-16-20(18,19)12-3-2-9(7-14)6-11(12)13/h2-6,16H,7-8,14H2,1H3. The minimum Gasteiger partial charge on any atom is -0.326 e. The van der Waals surface area contributed by atoms with Gasteiger partial charge in [0.15, 0.2) is 0 Å². The Labute approximate surface area is 116 Å². The Bertz CT molecular complexity index is 712. The minimum absolute atomic E-state index is 0.0386. The van der Waals surface area contributed by atoms with E-state index in [4.69, 9.17) is 5.73 Å². The Morgan fingerprint density at radius 3 is 2.70 bits per heavy atom. The van der Waals surface area contributed by atoms with Gasteiger partial charge in [-0.2, -0.15) is 5.10 Å². The van der Waals surface area contributed by atoms with E-state index < -0.39 is 20.7 Å². The van der Waals surface area contributed by atoms with Crippen LogP contribution in [0.3, 0.4) is 0 Å². The van der Waals surface area contributed by atoms with Gasteiger partial charge >= 0.3 is 0 Å². The number of hydrogen-bond donors (Lipinski definition) is 2. The van der Waals surface area contributed by atoms with Crippen molar-refractivity contribution >= 4 is 10.0 Å². The first kappa shape index (κ1) is 14.6. The van der Waals surface area contributed by atoms with E-state index in [9.17, 15) is 12.8 Å². The van der Waals surface area contributed by atoms with Gasteiger partial charge in [-0.1, -0.05) is 6.07 Å². The summed E-state index contributed by atoms with van der Waals surface area (Å²) in [5, 5.41) is 3.92. The molecule has 3 N–H and O–H groups in total. The van der Waals surface area contributed by atoms with Crippen LogP contribution in [0, 0.1) is 5.82 Å². The van der Waals surface area contributed by atoms with Crippen LogP contribution in [0.5, 0.6) is 0 Å². The molecule has 108 valence electrons. The van der Waals surface area contributed by atoms with E-state index in [-0.39, 0.29) is 13.1 Å². The SMILES string of the molecule is Cn1nccc1CNS(=O)(=O)c1ccc(CN)cc1F. The molecule has 6 nitrogen and oxygen atoms in total. The molecule has 2 aromatic rings. The predicted octanol–water partition coefficient (Wildman–Crippen LogP) is 0.496. The average molecular weight is 298 g/mol. The van der Waals surface area contributed by atoms with Gasteiger partial charge in [-0.25, -0.2) is 17.5 Å². The van der Waals surface area contributed by atoms with Crippen molar-refractivity contribution in [2.24, 2.45) is 12.8 Å². The molecule has 1 heterocycles. The molecule has 0 radical (unpaired) electrons. The zero-order chi connectivity index (χ0) is 14.8. The molecule has 1 aromatic heterocycles. The first-order valence-electron chi connectivity index (χ1n) is 5.89. The summed E-state index contributed by atoms with van der Waals surface area (Å²) in [7, 11) is -2.22. The highest BCUT2D eigenvalue weighted by atomic mass is 32.2. The Balaban J connectivity index is 2.20. The topological polar surface area (TPSA) is 90.0 Å². The predicted molar refractivity (Wildman–Crippen MR) is 71.5 cm³/mol. The molecule has 0 bridgehead atoms. The molecule has 2 rings (SSSR count). The van der Waals surface area contributed by atoms with Crippen molar-refractivity contribution in [2.45, 2.75) is 18.0 Å². The quantitative estimate of drug-likeness (QED) is 0.841. The van der Waals surface area contributed by atoms with Gasteiger partial charge in [-0.05, 0) is 23.8 Å². The van der Waals surface area contributed by atoms with Gasteiger partial charge in [0.05, 0.1) is 12.2 Å². The zero-order valence-corrected chi connectivity index (χ0v) is 11.7. The smallest absolute Gasteiger partial charge is 0.243 e. The third-order valence-corrected chi connectivity index (χ3v) is 4.32. The molecule has 0 fully saturated rings. The average Bonchev–Trinajstić information content (AvgIpc) is 2.81. The molecule has 0 aliphatic carbocycles. The van der Waals surface area contributed by atoms with E-state index in [0.717, 1.165) is 6.07 Å². The van der Waals surface area contributed by atoms with Crippen molar-refractivity contribution in [3.8, 4) is 0 Å². The molecule has 0 spiro atoms. The lowest BCUT2D eigenvalue weighted by Gasteiger charge is -2.08. The maximum absolute atomic E-state index is 13.8. The van der Waals surface area contributed by atoms with Crippen LogP contribution in [0.25, 0.3) is 0 Å². The maximum Gasteiger partial charge on any atom is 0.243 e. The summed E-state index contributed by atoms with van der Waals surface area (Å²) in [6.07, 6.45) is 1.56. The number of sulfonamides is 1. The number of nitrogens with two attached hydrogens (primary N) is 1. The fourth-order valence-electron chi connectivity index (χ4n) is 1.71. The molecule has 0 saturated carbocycles. The summed E-state index contributed by atoms with van der Waals surface area (Å²) >= 11 is 0. The van der Waals surface area contributed by atoms with Crippen molar-refractivity contribution in [1.29, 1.82) is 0 Å². The summed E-state index contributed by atoms with van der Waals surface area (Å²) < 4.78 is 41.8. The summed E-state index contributed by atoms with van der Waals surface area (Å²) in [5.74, 6) is -0.814. The number of hydrogen-bond acceptors (Lipinski definition) is 4. The van der Waals surface area contributed by atoms with Gasteiger partial charge in [0.2, 0.25) is 10.0 Å². The lowest BCUT2D eigenvalue weighted by molar-refractivity contribution is 0.553. The van der Waals surface area contributed by atoms with Gasteiger partial charge < -0.3 is 5.73 Å². The summed E-state index contributed by atoms with van der Waals surface area (Å²) in [6.45, 7) is 0.191. The third-order valence-electron chi connectivity index (χ3n) is 2.89. The van der Waals surface area contributed by atoms with Crippen molar-refractivity contribution in [3.05, 3.63) is 47.5 Å².